The first-order chi connectivity index (χ1) is 6.86. The molecule has 0 aromatic heterocycles. The Morgan fingerprint density at radius 1 is 1.36 bits per heavy atom. The molecule has 0 aromatic rings. The van der Waals surface area contributed by atoms with Crippen LogP contribution in [-0.4, -0.2) is 50.3 Å². The van der Waals surface area contributed by atoms with Gasteiger partial charge in [-0.05, 0) is 38.8 Å². The molecule has 1 N–H and O–H groups in total. The standard InChI is InChI=1S/C11H22N2O/c1-10-9-14-7-6-13(10)8-11-2-4-12-5-3-11/h10-12H,2-9H2,1H3. The van der Waals surface area contributed by atoms with Crippen molar-refractivity contribution in [3.8, 4) is 0 Å². The molecule has 0 saturated carbocycles. The molecule has 0 radical (unpaired) electrons. The Morgan fingerprint density at radius 3 is 2.86 bits per heavy atom. The van der Waals surface area contributed by atoms with E-state index in [-0.39, 0.29) is 0 Å². The van der Waals surface area contributed by atoms with E-state index in [2.05, 4.69) is 17.1 Å². The van der Waals surface area contributed by atoms with E-state index in [4.69, 9.17) is 4.74 Å². The van der Waals surface area contributed by atoms with E-state index in [1.54, 1.807) is 0 Å². The van der Waals surface area contributed by atoms with Crippen molar-refractivity contribution in [2.75, 3.05) is 39.4 Å². The third kappa shape index (κ3) is 2.69. The van der Waals surface area contributed by atoms with Crippen LogP contribution in [0, 0.1) is 5.92 Å². The van der Waals surface area contributed by atoms with Crippen LogP contribution in [-0.2, 0) is 4.74 Å². The quantitative estimate of drug-likeness (QED) is 0.707. The van der Waals surface area contributed by atoms with E-state index in [1.807, 2.05) is 0 Å². The molecule has 2 fully saturated rings. The van der Waals surface area contributed by atoms with Crippen LogP contribution in [0.15, 0.2) is 0 Å². The van der Waals surface area contributed by atoms with Crippen molar-refractivity contribution >= 4 is 0 Å². The molecule has 1 atom stereocenters. The van der Waals surface area contributed by atoms with E-state index < -0.39 is 0 Å². The topological polar surface area (TPSA) is 24.5 Å². The Balaban J connectivity index is 1.76. The number of nitrogens with zero attached hydrogens (tertiary/aromatic N) is 1. The summed E-state index contributed by atoms with van der Waals surface area (Å²) >= 11 is 0. The highest BCUT2D eigenvalue weighted by Crippen LogP contribution is 2.16. The van der Waals surface area contributed by atoms with Crippen molar-refractivity contribution in [3.63, 3.8) is 0 Å². The van der Waals surface area contributed by atoms with Crippen molar-refractivity contribution in [2.45, 2.75) is 25.8 Å². The second-order valence-corrected chi connectivity index (χ2v) is 4.61. The van der Waals surface area contributed by atoms with Crippen LogP contribution in [0.4, 0.5) is 0 Å². The predicted octanol–water partition coefficient (Wildman–Crippen LogP) is 0.707. The van der Waals surface area contributed by atoms with Gasteiger partial charge in [0.1, 0.15) is 0 Å². The minimum atomic E-state index is 0.624. The SMILES string of the molecule is CC1COCCN1CC1CCNCC1. The van der Waals surface area contributed by atoms with E-state index in [9.17, 15) is 0 Å². The summed E-state index contributed by atoms with van der Waals surface area (Å²) in [5, 5.41) is 3.42. The number of hydrogen-bond acceptors (Lipinski definition) is 3. The van der Waals surface area contributed by atoms with Gasteiger partial charge in [0.05, 0.1) is 13.2 Å². The fourth-order valence-corrected chi connectivity index (χ4v) is 2.43. The lowest BCUT2D eigenvalue weighted by molar-refractivity contribution is -0.00912. The Kier molecular flexibility index (Phi) is 3.79. The van der Waals surface area contributed by atoms with Crippen LogP contribution in [0.2, 0.25) is 0 Å². The van der Waals surface area contributed by atoms with Crippen LogP contribution in [0.5, 0.6) is 0 Å². The van der Waals surface area contributed by atoms with E-state index >= 15 is 0 Å². The summed E-state index contributed by atoms with van der Waals surface area (Å²) in [5.74, 6) is 0.914. The van der Waals surface area contributed by atoms with E-state index in [0.29, 0.717) is 6.04 Å². The molecule has 3 nitrogen and oxygen atoms in total. The zero-order valence-corrected chi connectivity index (χ0v) is 9.17. The van der Waals surface area contributed by atoms with E-state index in [1.165, 1.54) is 32.5 Å². The highest BCUT2D eigenvalue weighted by Gasteiger charge is 2.22. The van der Waals surface area contributed by atoms with Crippen LogP contribution >= 0.6 is 0 Å². The summed E-state index contributed by atoms with van der Waals surface area (Å²) in [4.78, 5) is 2.60. The second kappa shape index (κ2) is 5.10. The van der Waals surface area contributed by atoms with Gasteiger partial charge in [0.25, 0.3) is 0 Å². The van der Waals surface area contributed by atoms with Gasteiger partial charge in [0.2, 0.25) is 0 Å². The maximum atomic E-state index is 5.45. The molecular weight excluding hydrogens is 176 g/mol. The molecule has 2 rings (SSSR count). The summed E-state index contributed by atoms with van der Waals surface area (Å²) in [6.07, 6.45) is 2.70. The number of piperidine rings is 1. The molecule has 0 aliphatic carbocycles. The van der Waals surface area contributed by atoms with Gasteiger partial charge >= 0.3 is 0 Å². The molecule has 0 amide bonds. The highest BCUT2D eigenvalue weighted by atomic mass is 16.5. The van der Waals surface area contributed by atoms with Gasteiger partial charge in [-0.25, -0.2) is 0 Å². The molecule has 2 saturated heterocycles. The normalized spacial score (nSPS) is 31.9. The average molecular weight is 198 g/mol. The first kappa shape index (κ1) is 10.4. The summed E-state index contributed by atoms with van der Waals surface area (Å²) in [7, 11) is 0. The summed E-state index contributed by atoms with van der Waals surface area (Å²) < 4.78 is 5.45. The zero-order valence-electron chi connectivity index (χ0n) is 9.17. The molecule has 3 heteroatoms. The third-order valence-electron chi connectivity index (χ3n) is 3.46. The van der Waals surface area contributed by atoms with Crippen LogP contribution in [0.1, 0.15) is 19.8 Å². The fourth-order valence-electron chi connectivity index (χ4n) is 2.43. The molecule has 2 heterocycles. The number of nitrogens with one attached hydrogen (secondary N) is 1. The van der Waals surface area contributed by atoms with Crippen LogP contribution in [0.25, 0.3) is 0 Å². The molecule has 0 spiro atoms. The Bertz CT molecular complexity index is 169. The van der Waals surface area contributed by atoms with Crippen LogP contribution in [0.3, 0.4) is 0 Å². The smallest absolute Gasteiger partial charge is 0.0619 e. The highest BCUT2D eigenvalue weighted by molar-refractivity contribution is 4.77. The maximum Gasteiger partial charge on any atom is 0.0619 e. The minimum Gasteiger partial charge on any atom is -0.379 e. The fraction of sp³-hybridized carbons (Fsp3) is 1.00. The van der Waals surface area contributed by atoms with Gasteiger partial charge in [-0.2, -0.15) is 0 Å². The zero-order chi connectivity index (χ0) is 9.80. The summed E-state index contributed by atoms with van der Waals surface area (Å²) in [6.45, 7) is 8.96. The Hall–Kier alpha value is -0.120. The predicted molar refractivity (Wildman–Crippen MR) is 57.4 cm³/mol. The van der Waals surface area contributed by atoms with Crippen molar-refractivity contribution in [3.05, 3.63) is 0 Å². The molecule has 1 unspecified atom stereocenters. The van der Waals surface area contributed by atoms with Gasteiger partial charge in [-0.15, -0.1) is 0 Å². The molecule has 14 heavy (non-hydrogen) atoms. The lowest BCUT2D eigenvalue weighted by atomic mass is 9.97. The van der Waals surface area contributed by atoms with Gasteiger partial charge in [0.15, 0.2) is 0 Å². The molecule has 0 bridgehead atoms. The molecule has 2 aliphatic rings. The molecule has 0 aromatic carbocycles. The van der Waals surface area contributed by atoms with Gasteiger partial charge in [-0.1, -0.05) is 0 Å². The summed E-state index contributed by atoms with van der Waals surface area (Å²) in [6, 6.07) is 0.624. The molecular formula is C11H22N2O. The Labute approximate surface area is 86.8 Å². The summed E-state index contributed by atoms with van der Waals surface area (Å²) in [5.41, 5.74) is 0. The Morgan fingerprint density at radius 2 is 2.14 bits per heavy atom. The van der Waals surface area contributed by atoms with Crippen molar-refractivity contribution in [1.82, 2.24) is 10.2 Å². The number of hydrogen-bond donors (Lipinski definition) is 1. The first-order valence-corrected chi connectivity index (χ1v) is 5.89. The monoisotopic (exact) mass is 198 g/mol. The van der Waals surface area contributed by atoms with Gasteiger partial charge < -0.3 is 10.1 Å². The van der Waals surface area contributed by atoms with Gasteiger partial charge in [0, 0.05) is 19.1 Å². The number of rotatable bonds is 2. The first-order valence-electron chi connectivity index (χ1n) is 5.89. The second-order valence-electron chi connectivity index (χ2n) is 4.61. The van der Waals surface area contributed by atoms with Crippen LogP contribution < -0.4 is 5.32 Å². The number of morpholine rings is 1. The van der Waals surface area contributed by atoms with Crippen molar-refractivity contribution in [2.24, 2.45) is 5.92 Å². The molecule has 82 valence electrons. The van der Waals surface area contributed by atoms with E-state index in [0.717, 1.165) is 25.7 Å². The third-order valence-corrected chi connectivity index (χ3v) is 3.46. The number of ether oxygens (including phenoxy) is 1. The minimum absolute atomic E-state index is 0.624. The maximum absolute atomic E-state index is 5.45. The average Bonchev–Trinajstić information content (AvgIpc) is 2.23. The van der Waals surface area contributed by atoms with Crippen molar-refractivity contribution < 1.29 is 4.74 Å². The largest absolute Gasteiger partial charge is 0.379 e. The lowest BCUT2D eigenvalue weighted by Gasteiger charge is -2.36. The molecule has 2 aliphatic heterocycles. The van der Waals surface area contributed by atoms with Crippen molar-refractivity contribution in [1.29, 1.82) is 0 Å². The lowest BCUT2D eigenvalue weighted by Crippen LogP contribution is -2.47. The van der Waals surface area contributed by atoms with Gasteiger partial charge in [-0.3, -0.25) is 4.90 Å².